The highest BCUT2D eigenvalue weighted by Crippen LogP contribution is 2.31. The fraction of sp³-hybridized carbons (Fsp3) is 0.143. The van der Waals surface area contributed by atoms with Crippen molar-refractivity contribution in [2.75, 3.05) is 0 Å². The van der Waals surface area contributed by atoms with Crippen LogP contribution < -0.4 is 11.3 Å². The number of nitrogens with two attached hydrogens (primary N) is 1. The first kappa shape index (κ1) is 16.3. The van der Waals surface area contributed by atoms with Crippen molar-refractivity contribution in [2.45, 2.75) is 12.5 Å². The maximum atomic E-state index is 13.6. The van der Waals surface area contributed by atoms with Crippen molar-refractivity contribution in [1.82, 2.24) is 5.43 Å². The first-order chi connectivity index (χ1) is 9.95. The quantitative estimate of drug-likeness (QED) is 0.473. The normalized spacial score (nSPS) is 12.5. The molecule has 0 amide bonds. The van der Waals surface area contributed by atoms with Gasteiger partial charge in [-0.1, -0.05) is 29.8 Å². The molecule has 7 heteroatoms. The van der Waals surface area contributed by atoms with E-state index in [9.17, 15) is 13.2 Å². The van der Waals surface area contributed by atoms with E-state index >= 15 is 0 Å². The van der Waals surface area contributed by atoms with E-state index in [0.29, 0.717) is 11.1 Å². The van der Waals surface area contributed by atoms with Crippen LogP contribution in [0.3, 0.4) is 0 Å². The molecule has 0 aliphatic carbocycles. The molecular weight excluding hydrogens is 369 g/mol. The van der Waals surface area contributed by atoms with E-state index in [1.54, 1.807) is 6.07 Å². The molecule has 112 valence electrons. The predicted octanol–water partition coefficient (Wildman–Crippen LogP) is 4.27. The van der Waals surface area contributed by atoms with Crippen LogP contribution in [0.4, 0.5) is 13.2 Å². The summed E-state index contributed by atoms with van der Waals surface area (Å²) in [6.45, 7) is 0. The standard InChI is InChI=1S/C14H11BrClF3N2/c15-12-8(4-5-10(18)14(12)19)11(21-20)6-7-2-1-3-9(17)13(7)16/h1-5,11,21H,6,20H2. The average molecular weight is 380 g/mol. The van der Waals surface area contributed by atoms with Crippen molar-refractivity contribution in [3.05, 3.63) is 68.4 Å². The Kier molecular flexibility index (Phi) is 5.27. The molecule has 2 rings (SSSR count). The van der Waals surface area contributed by atoms with Crippen LogP contribution in [0.2, 0.25) is 5.02 Å². The number of hydrogen-bond donors (Lipinski definition) is 2. The van der Waals surface area contributed by atoms with Crippen LogP contribution in [-0.2, 0) is 6.42 Å². The Balaban J connectivity index is 2.37. The molecule has 0 heterocycles. The second kappa shape index (κ2) is 6.79. The van der Waals surface area contributed by atoms with Gasteiger partial charge in [-0.25, -0.2) is 13.2 Å². The largest absolute Gasteiger partial charge is 0.271 e. The summed E-state index contributed by atoms with van der Waals surface area (Å²) in [5.41, 5.74) is 3.42. The second-order valence-corrected chi connectivity index (χ2v) is 5.57. The van der Waals surface area contributed by atoms with Gasteiger partial charge in [0.1, 0.15) is 5.82 Å². The predicted molar refractivity (Wildman–Crippen MR) is 79.2 cm³/mol. The van der Waals surface area contributed by atoms with Crippen LogP contribution >= 0.6 is 27.5 Å². The Morgan fingerprint density at radius 3 is 2.52 bits per heavy atom. The molecule has 0 fully saturated rings. The van der Waals surface area contributed by atoms with E-state index in [4.69, 9.17) is 17.4 Å². The molecule has 0 saturated carbocycles. The molecule has 0 aromatic heterocycles. The van der Waals surface area contributed by atoms with Gasteiger partial charge in [0, 0.05) is 0 Å². The van der Waals surface area contributed by atoms with Crippen molar-refractivity contribution < 1.29 is 13.2 Å². The molecule has 3 N–H and O–H groups in total. The fourth-order valence-electron chi connectivity index (χ4n) is 1.99. The van der Waals surface area contributed by atoms with Crippen LogP contribution in [0, 0.1) is 17.5 Å². The zero-order valence-electron chi connectivity index (χ0n) is 10.6. The Hall–Kier alpha value is -1.08. The lowest BCUT2D eigenvalue weighted by atomic mass is 9.99. The van der Waals surface area contributed by atoms with Crippen LogP contribution in [0.5, 0.6) is 0 Å². The minimum atomic E-state index is -1.00. The van der Waals surface area contributed by atoms with Gasteiger partial charge in [0.15, 0.2) is 11.6 Å². The summed E-state index contributed by atoms with van der Waals surface area (Å²) in [6.07, 6.45) is 0.219. The summed E-state index contributed by atoms with van der Waals surface area (Å²) < 4.78 is 40.1. The fourth-order valence-corrected chi connectivity index (χ4v) is 2.80. The summed E-state index contributed by atoms with van der Waals surface area (Å²) in [4.78, 5) is 0. The first-order valence-electron chi connectivity index (χ1n) is 5.98. The third-order valence-electron chi connectivity index (χ3n) is 3.10. The lowest BCUT2D eigenvalue weighted by molar-refractivity contribution is 0.491. The van der Waals surface area contributed by atoms with E-state index in [1.807, 2.05) is 0 Å². The smallest absolute Gasteiger partial charge is 0.173 e. The third-order valence-corrected chi connectivity index (χ3v) is 4.33. The number of nitrogens with one attached hydrogen (secondary N) is 1. The molecule has 0 saturated heterocycles. The van der Waals surface area contributed by atoms with E-state index in [1.165, 1.54) is 18.2 Å². The van der Waals surface area contributed by atoms with Crippen molar-refractivity contribution in [3.8, 4) is 0 Å². The molecule has 0 bridgehead atoms. The maximum Gasteiger partial charge on any atom is 0.173 e. The van der Waals surface area contributed by atoms with Gasteiger partial charge >= 0.3 is 0 Å². The molecule has 2 aromatic carbocycles. The van der Waals surface area contributed by atoms with Gasteiger partial charge in [-0.05, 0) is 45.6 Å². The van der Waals surface area contributed by atoms with E-state index in [-0.39, 0.29) is 15.9 Å². The highest BCUT2D eigenvalue weighted by atomic mass is 79.9. The zero-order chi connectivity index (χ0) is 15.6. The highest BCUT2D eigenvalue weighted by molar-refractivity contribution is 9.10. The second-order valence-electron chi connectivity index (χ2n) is 4.40. The van der Waals surface area contributed by atoms with Gasteiger partial charge in [0.2, 0.25) is 0 Å². The SMILES string of the molecule is NNC(Cc1cccc(F)c1Cl)c1ccc(F)c(F)c1Br. The molecule has 2 nitrogen and oxygen atoms in total. The number of benzene rings is 2. The summed E-state index contributed by atoms with van der Waals surface area (Å²) in [6, 6.07) is 6.25. The molecule has 2 aromatic rings. The number of rotatable bonds is 4. The number of halogens is 5. The monoisotopic (exact) mass is 378 g/mol. The molecule has 21 heavy (non-hydrogen) atoms. The van der Waals surface area contributed by atoms with Crippen LogP contribution in [0.25, 0.3) is 0 Å². The molecule has 1 atom stereocenters. The van der Waals surface area contributed by atoms with Gasteiger partial charge in [-0.15, -0.1) is 0 Å². The van der Waals surface area contributed by atoms with Crippen LogP contribution in [-0.4, -0.2) is 0 Å². The number of hydrazine groups is 1. The van der Waals surface area contributed by atoms with Crippen LogP contribution in [0.15, 0.2) is 34.8 Å². The van der Waals surface area contributed by atoms with Gasteiger partial charge < -0.3 is 0 Å². The Labute approximate surface area is 133 Å². The third kappa shape index (κ3) is 3.40. The van der Waals surface area contributed by atoms with Gasteiger partial charge in [-0.2, -0.15) is 0 Å². The molecule has 0 radical (unpaired) electrons. The van der Waals surface area contributed by atoms with Crippen molar-refractivity contribution in [2.24, 2.45) is 5.84 Å². The minimum Gasteiger partial charge on any atom is -0.271 e. The summed E-state index contributed by atoms with van der Waals surface area (Å²) >= 11 is 8.89. The topological polar surface area (TPSA) is 38.0 Å². The Morgan fingerprint density at radius 2 is 1.86 bits per heavy atom. The summed E-state index contributed by atoms with van der Waals surface area (Å²) in [5.74, 6) is 2.96. The van der Waals surface area contributed by atoms with Gasteiger partial charge in [0.25, 0.3) is 0 Å². The Bertz CT molecular complexity index is 667. The van der Waals surface area contributed by atoms with E-state index in [0.717, 1.165) is 6.07 Å². The van der Waals surface area contributed by atoms with Crippen molar-refractivity contribution >= 4 is 27.5 Å². The molecular formula is C14H11BrClF3N2. The lowest BCUT2D eigenvalue weighted by Crippen LogP contribution is -2.30. The molecule has 1 unspecified atom stereocenters. The van der Waals surface area contributed by atoms with E-state index < -0.39 is 23.5 Å². The zero-order valence-corrected chi connectivity index (χ0v) is 13.0. The molecule has 0 aliphatic rings. The maximum absolute atomic E-state index is 13.6. The lowest BCUT2D eigenvalue weighted by Gasteiger charge is -2.19. The first-order valence-corrected chi connectivity index (χ1v) is 7.15. The molecule has 0 aliphatic heterocycles. The van der Waals surface area contributed by atoms with E-state index in [2.05, 4.69) is 21.4 Å². The van der Waals surface area contributed by atoms with Gasteiger partial charge in [0.05, 0.1) is 15.5 Å². The summed E-state index contributed by atoms with van der Waals surface area (Å²) in [7, 11) is 0. The van der Waals surface area contributed by atoms with Crippen molar-refractivity contribution in [3.63, 3.8) is 0 Å². The highest BCUT2D eigenvalue weighted by Gasteiger charge is 2.20. The molecule has 0 spiro atoms. The van der Waals surface area contributed by atoms with Gasteiger partial charge in [-0.3, -0.25) is 11.3 Å². The Morgan fingerprint density at radius 1 is 1.14 bits per heavy atom. The summed E-state index contributed by atoms with van der Waals surface area (Å²) in [5, 5.41) is -0.0172. The van der Waals surface area contributed by atoms with Crippen LogP contribution in [0.1, 0.15) is 17.2 Å². The number of hydrogen-bond acceptors (Lipinski definition) is 2. The average Bonchev–Trinajstić information content (AvgIpc) is 2.47. The minimum absolute atomic E-state index is 0.0172. The van der Waals surface area contributed by atoms with Crippen molar-refractivity contribution in [1.29, 1.82) is 0 Å².